The number of hydrogen-bond acceptors (Lipinski definition) is 0. The zero-order chi connectivity index (χ0) is 6.69. The van der Waals surface area contributed by atoms with Crippen molar-refractivity contribution in [2.24, 2.45) is 0 Å². The molecule has 0 saturated heterocycles. The lowest BCUT2D eigenvalue weighted by Gasteiger charge is -2.15. The van der Waals surface area contributed by atoms with Gasteiger partial charge in [-0.3, -0.25) is 0 Å². The van der Waals surface area contributed by atoms with E-state index in [2.05, 4.69) is 16.2 Å². The van der Waals surface area contributed by atoms with E-state index in [0.717, 1.165) is 0 Å². The lowest BCUT2D eigenvalue weighted by Crippen LogP contribution is -1.93. The van der Waals surface area contributed by atoms with Crippen LogP contribution in [0.4, 0.5) is 0 Å². The van der Waals surface area contributed by atoms with Crippen molar-refractivity contribution in [3.05, 3.63) is 10.9 Å². The van der Waals surface area contributed by atoms with Gasteiger partial charge in [0.1, 0.15) is 0 Å². The fourth-order valence-corrected chi connectivity index (χ4v) is 1.95. The maximum Gasteiger partial charge on any atom is -0.0280 e. The Kier molecular flexibility index (Phi) is 2.72. The largest absolute Gasteiger partial charge is 0.110 e. The summed E-state index contributed by atoms with van der Waals surface area (Å²) in [5.74, 6) is 0. The van der Waals surface area contributed by atoms with Gasteiger partial charge in [0.15, 0.2) is 0 Å². The molecule has 1 aliphatic rings. The molecule has 0 aliphatic heterocycles. The monoisotopic (exact) mass is 142 g/mol. The molecule has 1 unspecified atom stereocenters. The first-order valence-electron chi connectivity index (χ1n) is 3.81. The second-order valence-corrected chi connectivity index (χ2v) is 3.39. The molecular formula is C8H15P. The SMILES string of the molecule is CCC1=C(P)CCCC1. The molecule has 0 saturated carbocycles. The number of rotatable bonds is 1. The summed E-state index contributed by atoms with van der Waals surface area (Å²) in [5.41, 5.74) is 1.69. The summed E-state index contributed by atoms with van der Waals surface area (Å²) in [6.45, 7) is 2.25. The van der Waals surface area contributed by atoms with Gasteiger partial charge in [0.2, 0.25) is 0 Å². The van der Waals surface area contributed by atoms with Gasteiger partial charge in [-0.05, 0) is 32.1 Å². The van der Waals surface area contributed by atoms with Crippen molar-refractivity contribution in [1.82, 2.24) is 0 Å². The van der Waals surface area contributed by atoms with Crippen LogP contribution in [-0.2, 0) is 0 Å². The van der Waals surface area contributed by atoms with E-state index in [-0.39, 0.29) is 0 Å². The Labute approximate surface area is 59.9 Å². The minimum absolute atomic E-state index is 1.26. The molecule has 0 amide bonds. The van der Waals surface area contributed by atoms with Crippen molar-refractivity contribution < 1.29 is 0 Å². The first kappa shape index (κ1) is 7.28. The molecule has 0 nitrogen and oxygen atoms in total. The lowest BCUT2D eigenvalue weighted by molar-refractivity contribution is 0.677. The third-order valence-corrected chi connectivity index (χ3v) is 2.75. The molecule has 0 radical (unpaired) electrons. The van der Waals surface area contributed by atoms with Crippen LogP contribution in [0.25, 0.3) is 0 Å². The predicted molar refractivity (Wildman–Crippen MR) is 45.5 cm³/mol. The molecule has 1 heteroatoms. The fraction of sp³-hybridized carbons (Fsp3) is 0.750. The standard InChI is InChI=1S/C8H15P/c1-2-7-5-3-4-6-8(7)9/h2-6,9H2,1H3. The van der Waals surface area contributed by atoms with Crippen LogP contribution in [0, 0.1) is 0 Å². The summed E-state index contributed by atoms with van der Waals surface area (Å²) in [4.78, 5) is 0. The fourth-order valence-electron chi connectivity index (χ4n) is 1.40. The highest BCUT2D eigenvalue weighted by molar-refractivity contribution is 7.22. The quantitative estimate of drug-likeness (QED) is 0.493. The molecular weight excluding hydrogens is 127 g/mol. The van der Waals surface area contributed by atoms with Gasteiger partial charge in [-0.1, -0.05) is 17.8 Å². The molecule has 1 aliphatic carbocycles. The van der Waals surface area contributed by atoms with Gasteiger partial charge in [-0.25, -0.2) is 0 Å². The average molecular weight is 142 g/mol. The second kappa shape index (κ2) is 3.37. The third-order valence-electron chi connectivity index (χ3n) is 2.06. The van der Waals surface area contributed by atoms with Gasteiger partial charge in [0, 0.05) is 0 Å². The van der Waals surface area contributed by atoms with Gasteiger partial charge in [-0.2, -0.15) is 0 Å². The van der Waals surface area contributed by atoms with Crippen LogP contribution in [-0.4, -0.2) is 0 Å². The number of hydrogen-bond donors (Lipinski definition) is 0. The summed E-state index contributed by atoms with van der Waals surface area (Å²) in [7, 11) is 2.87. The summed E-state index contributed by atoms with van der Waals surface area (Å²) in [5, 5.41) is 1.59. The molecule has 0 N–H and O–H groups in total. The Bertz CT molecular complexity index is 125. The van der Waals surface area contributed by atoms with Gasteiger partial charge in [0.05, 0.1) is 0 Å². The third kappa shape index (κ3) is 1.79. The molecule has 0 heterocycles. The highest BCUT2D eigenvalue weighted by atomic mass is 31.0. The minimum atomic E-state index is 1.26. The topological polar surface area (TPSA) is 0 Å². The maximum absolute atomic E-state index is 2.87. The minimum Gasteiger partial charge on any atom is -0.110 e. The van der Waals surface area contributed by atoms with Crippen molar-refractivity contribution >= 4 is 9.24 Å². The molecule has 0 aromatic carbocycles. The lowest BCUT2D eigenvalue weighted by atomic mass is 9.98. The van der Waals surface area contributed by atoms with E-state index in [1.165, 1.54) is 32.1 Å². The van der Waals surface area contributed by atoms with E-state index in [1.807, 2.05) is 0 Å². The maximum atomic E-state index is 2.87. The molecule has 0 aromatic heterocycles. The van der Waals surface area contributed by atoms with Crippen LogP contribution in [0.15, 0.2) is 10.9 Å². The normalized spacial score (nSPS) is 20.7. The van der Waals surface area contributed by atoms with E-state index in [9.17, 15) is 0 Å². The summed E-state index contributed by atoms with van der Waals surface area (Å²) in [6.07, 6.45) is 6.77. The Morgan fingerprint density at radius 2 is 2.00 bits per heavy atom. The Balaban J connectivity index is 2.59. The molecule has 0 aromatic rings. The van der Waals surface area contributed by atoms with Crippen LogP contribution < -0.4 is 0 Å². The van der Waals surface area contributed by atoms with Crippen LogP contribution in [0.1, 0.15) is 39.0 Å². The van der Waals surface area contributed by atoms with Gasteiger partial charge >= 0.3 is 0 Å². The Morgan fingerprint density at radius 1 is 1.33 bits per heavy atom. The molecule has 1 rings (SSSR count). The van der Waals surface area contributed by atoms with Crippen LogP contribution in [0.5, 0.6) is 0 Å². The molecule has 1 atom stereocenters. The van der Waals surface area contributed by atoms with E-state index in [0.29, 0.717) is 0 Å². The summed E-state index contributed by atoms with van der Waals surface area (Å²) < 4.78 is 0. The van der Waals surface area contributed by atoms with Gasteiger partial charge in [-0.15, -0.1) is 9.24 Å². The molecule has 9 heavy (non-hydrogen) atoms. The van der Waals surface area contributed by atoms with E-state index in [1.54, 1.807) is 10.9 Å². The number of allylic oxidation sites excluding steroid dienone is 2. The highest BCUT2D eigenvalue weighted by Crippen LogP contribution is 2.30. The molecule has 0 bridgehead atoms. The molecule has 0 fully saturated rings. The zero-order valence-corrected chi connectivity index (χ0v) is 7.27. The average Bonchev–Trinajstić information content (AvgIpc) is 1.89. The first-order valence-corrected chi connectivity index (χ1v) is 4.38. The van der Waals surface area contributed by atoms with Gasteiger partial charge < -0.3 is 0 Å². The first-order chi connectivity index (χ1) is 4.34. The zero-order valence-electron chi connectivity index (χ0n) is 6.11. The Morgan fingerprint density at radius 3 is 2.44 bits per heavy atom. The second-order valence-electron chi connectivity index (χ2n) is 2.69. The van der Waals surface area contributed by atoms with E-state index in [4.69, 9.17) is 0 Å². The van der Waals surface area contributed by atoms with E-state index < -0.39 is 0 Å². The Hall–Kier alpha value is 0.170. The molecule has 0 spiro atoms. The van der Waals surface area contributed by atoms with Gasteiger partial charge in [0.25, 0.3) is 0 Å². The predicted octanol–water partition coefficient (Wildman–Crippen LogP) is 3.10. The van der Waals surface area contributed by atoms with Crippen LogP contribution in [0.2, 0.25) is 0 Å². The van der Waals surface area contributed by atoms with Crippen LogP contribution >= 0.6 is 9.24 Å². The summed E-state index contributed by atoms with van der Waals surface area (Å²) >= 11 is 0. The summed E-state index contributed by atoms with van der Waals surface area (Å²) in [6, 6.07) is 0. The van der Waals surface area contributed by atoms with Crippen molar-refractivity contribution in [2.45, 2.75) is 39.0 Å². The van der Waals surface area contributed by atoms with Crippen LogP contribution in [0.3, 0.4) is 0 Å². The van der Waals surface area contributed by atoms with Crippen molar-refractivity contribution in [1.29, 1.82) is 0 Å². The van der Waals surface area contributed by atoms with Crippen molar-refractivity contribution in [3.63, 3.8) is 0 Å². The highest BCUT2D eigenvalue weighted by Gasteiger charge is 2.05. The van der Waals surface area contributed by atoms with E-state index >= 15 is 0 Å². The molecule has 52 valence electrons. The van der Waals surface area contributed by atoms with Crippen molar-refractivity contribution in [2.75, 3.05) is 0 Å². The van der Waals surface area contributed by atoms with Crippen molar-refractivity contribution in [3.8, 4) is 0 Å². The smallest absolute Gasteiger partial charge is 0.0280 e.